The van der Waals surface area contributed by atoms with Gasteiger partial charge in [0, 0.05) is 16.6 Å². The second-order valence-corrected chi connectivity index (χ2v) is 4.35. The molecule has 0 radical (unpaired) electrons. The minimum Gasteiger partial charge on any atom is -0.507 e. The van der Waals surface area contributed by atoms with E-state index in [1.165, 1.54) is 12.3 Å². The zero-order valence-electron chi connectivity index (χ0n) is 10.3. The SMILES string of the molecule is O=[N+]([O-])CC(c1ccco1)c1cc2c(cc1O)OCO2. The number of phenols is 1. The minimum absolute atomic E-state index is 0.0683. The van der Waals surface area contributed by atoms with E-state index in [1.54, 1.807) is 18.2 Å². The van der Waals surface area contributed by atoms with Gasteiger partial charge in [0.15, 0.2) is 11.5 Å². The molecule has 1 aromatic carbocycles. The molecule has 7 nitrogen and oxygen atoms in total. The lowest BCUT2D eigenvalue weighted by molar-refractivity contribution is -0.482. The molecule has 0 spiro atoms. The van der Waals surface area contributed by atoms with E-state index in [1.807, 2.05) is 0 Å². The number of fused-ring (bicyclic) bond motifs is 1. The first-order chi connectivity index (χ1) is 9.65. The normalized spacial score (nSPS) is 14.2. The van der Waals surface area contributed by atoms with Crippen LogP contribution in [0.1, 0.15) is 17.2 Å². The van der Waals surface area contributed by atoms with Gasteiger partial charge < -0.3 is 19.0 Å². The van der Waals surface area contributed by atoms with Gasteiger partial charge in [-0.3, -0.25) is 10.1 Å². The monoisotopic (exact) mass is 277 g/mol. The number of furan rings is 1. The van der Waals surface area contributed by atoms with Crippen LogP contribution in [0.2, 0.25) is 0 Å². The molecule has 1 unspecified atom stereocenters. The summed E-state index contributed by atoms with van der Waals surface area (Å²) in [6, 6.07) is 6.23. The molecule has 0 saturated heterocycles. The summed E-state index contributed by atoms with van der Waals surface area (Å²) in [6.45, 7) is -0.320. The molecule has 7 heteroatoms. The van der Waals surface area contributed by atoms with E-state index in [9.17, 15) is 15.2 Å². The van der Waals surface area contributed by atoms with Crippen molar-refractivity contribution in [2.45, 2.75) is 5.92 Å². The van der Waals surface area contributed by atoms with Crippen LogP contribution in [0.4, 0.5) is 0 Å². The average molecular weight is 277 g/mol. The molecule has 1 N–H and O–H groups in total. The average Bonchev–Trinajstić information content (AvgIpc) is 3.05. The summed E-state index contributed by atoms with van der Waals surface area (Å²) in [4.78, 5) is 10.4. The third-order valence-electron chi connectivity index (χ3n) is 3.12. The summed E-state index contributed by atoms with van der Waals surface area (Å²) >= 11 is 0. The Kier molecular flexibility index (Phi) is 2.94. The Labute approximate surface area is 113 Å². The Hall–Kier alpha value is -2.70. The standard InChI is InChI=1S/C13H11NO6/c15-10-5-13-12(19-7-20-13)4-8(10)9(6-14(16)17)11-2-1-3-18-11/h1-5,9,15H,6-7H2. The van der Waals surface area contributed by atoms with Crippen molar-refractivity contribution in [1.82, 2.24) is 0 Å². The molecule has 0 saturated carbocycles. The molecular weight excluding hydrogens is 266 g/mol. The summed E-state index contributed by atoms with van der Waals surface area (Å²) in [6.07, 6.45) is 1.44. The molecule has 1 atom stereocenters. The van der Waals surface area contributed by atoms with Crippen molar-refractivity contribution in [3.05, 3.63) is 52.0 Å². The second-order valence-electron chi connectivity index (χ2n) is 4.35. The van der Waals surface area contributed by atoms with Crippen LogP contribution in [-0.4, -0.2) is 23.4 Å². The van der Waals surface area contributed by atoms with Gasteiger partial charge in [0.25, 0.3) is 0 Å². The van der Waals surface area contributed by atoms with Crippen molar-refractivity contribution in [2.24, 2.45) is 0 Å². The van der Waals surface area contributed by atoms with Crippen molar-refractivity contribution in [1.29, 1.82) is 0 Å². The fraction of sp³-hybridized carbons (Fsp3) is 0.231. The van der Waals surface area contributed by atoms with Crippen LogP contribution in [-0.2, 0) is 0 Å². The van der Waals surface area contributed by atoms with Gasteiger partial charge in [-0.05, 0) is 18.2 Å². The predicted molar refractivity (Wildman–Crippen MR) is 66.6 cm³/mol. The van der Waals surface area contributed by atoms with Crippen LogP contribution in [0, 0.1) is 10.1 Å². The molecule has 0 amide bonds. The molecule has 0 fully saturated rings. The van der Waals surface area contributed by atoms with E-state index in [2.05, 4.69) is 0 Å². The molecule has 2 heterocycles. The summed E-state index contributed by atoms with van der Waals surface area (Å²) in [5, 5.41) is 20.9. The number of ether oxygens (including phenoxy) is 2. The highest BCUT2D eigenvalue weighted by atomic mass is 16.7. The molecule has 1 aliphatic heterocycles. The third-order valence-corrected chi connectivity index (χ3v) is 3.12. The first-order valence-electron chi connectivity index (χ1n) is 5.93. The van der Waals surface area contributed by atoms with Gasteiger partial charge >= 0.3 is 0 Å². The number of phenolic OH excluding ortho intramolecular Hbond substituents is 1. The molecule has 1 aliphatic rings. The highest BCUT2D eigenvalue weighted by Crippen LogP contribution is 2.42. The molecule has 0 bridgehead atoms. The second kappa shape index (κ2) is 4.76. The van der Waals surface area contributed by atoms with Crippen LogP contribution in [0.25, 0.3) is 0 Å². The molecular formula is C13H11NO6. The van der Waals surface area contributed by atoms with Gasteiger partial charge in [0.1, 0.15) is 17.4 Å². The fourth-order valence-electron chi connectivity index (χ4n) is 2.21. The molecule has 104 valence electrons. The molecule has 0 aliphatic carbocycles. The summed E-state index contributed by atoms with van der Waals surface area (Å²) in [5.74, 6) is 0.520. The number of hydrogen-bond donors (Lipinski definition) is 1. The van der Waals surface area contributed by atoms with Gasteiger partial charge in [-0.1, -0.05) is 0 Å². The largest absolute Gasteiger partial charge is 0.507 e. The van der Waals surface area contributed by atoms with Gasteiger partial charge in [-0.15, -0.1) is 0 Å². The first-order valence-corrected chi connectivity index (χ1v) is 5.93. The van der Waals surface area contributed by atoms with Gasteiger partial charge in [0.2, 0.25) is 13.3 Å². The molecule has 20 heavy (non-hydrogen) atoms. The van der Waals surface area contributed by atoms with Crippen LogP contribution >= 0.6 is 0 Å². The van der Waals surface area contributed by atoms with Crippen molar-refractivity contribution < 1.29 is 23.9 Å². The maximum Gasteiger partial charge on any atom is 0.231 e. The van der Waals surface area contributed by atoms with Crippen LogP contribution in [0.3, 0.4) is 0 Å². The van der Waals surface area contributed by atoms with Gasteiger partial charge in [-0.25, -0.2) is 0 Å². The Morgan fingerprint density at radius 1 is 1.35 bits per heavy atom. The fourth-order valence-corrected chi connectivity index (χ4v) is 2.21. The van der Waals surface area contributed by atoms with Crippen molar-refractivity contribution >= 4 is 0 Å². The van der Waals surface area contributed by atoms with E-state index in [-0.39, 0.29) is 19.1 Å². The van der Waals surface area contributed by atoms with E-state index in [0.717, 1.165) is 0 Å². The zero-order valence-corrected chi connectivity index (χ0v) is 10.3. The quantitative estimate of drug-likeness (QED) is 0.679. The van der Waals surface area contributed by atoms with E-state index >= 15 is 0 Å². The number of hydrogen-bond acceptors (Lipinski definition) is 6. The maximum atomic E-state index is 10.8. The Bertz CT molecular complexity index is 637. The van der Waals surface area contributed by atoms with E-state index in [0.29, 0.717) is 22.8 Å². The molecule has 1 aromatic heterocycles. The highest BCUT2D eigenvalue weighted by molar-refractivity contribution is 5.53. The summed E-state index contributed by atoms with van der Waals surface area (Å²) < 4.78 is 15.6. The predicted octanol–water partition coefficient (Wildman–Crippen LogP) is 2.12. The first kappa shape index (κ1) is 12.3. The highest BCUT2D eigenvalue weighted by Gasteiger charge is 2.28. The van der Waals surface area contributed by atoms with Crippen molar-refractivity contribution in [3.63, 3.8) is 0 Å². The van der Waals surface area contributed by atoms with Gasteiger partial charge in [0.05, 0.1) is 6.26 Å². The summed E-state index contributed by atoms with van der Waals surface area (Å²) in [5.41, 5.74) is 0.376. The Morgan fingerprint density at radius 2 is 2.10 bits per heavy atom. The summed E-state index contributed by atoms with van der Waals surface area (Å²) in [7, 11) is 0. The van der Waals surface area contributed by atoms with Crippen LogP contribution in [0.15, 0.2) is 34.9 Å². The van der Waals surface area contributed by atoms with Crippen LogP contribution in [0.5, 0.6) is 17.2 Å². The lowest BCUT2D eigenvalue weighted by Gasteiger charge is -2.13. The molecule has 2 aromatic rings. The smallest absolute Gasteiger partial charge is 0.231 e. The maximum absolute atomic E-state index is 10.8. The lowest BCUT2D eigenvalue weighted by atomic mass is 9.95. The third kappa shape index (κ3) is 2.13. The number of benzene rings is 1. The van der Waals surface area contributed by atoms with Crippen molar-refractivity contribution in [2.75, 3.05) is 13.3 Å². The Morgan fingerprint density at radius 3 is 2.75 bits per heavy atom. The number of rotatable bonds is 4. The van der Waals surface area contributed by atoms with Crippen molar-refractivity contribution in [3.8, 4) is 17.2 Å². The minimum atomic E-state index is -0.686. The van der Waals surface area contributed by atoms with E-state index in [4.69, 9.17) is 13.9 Å². The molecule has 3 rings (SSSR count). The number of aromatic hydroxyl groups is 1. The van der Waals surface area contributed by atoms with Gasteiger partial charge in [-0.2, -0.15) is 0 Å². The zero-order chi connectivity index (χ0) is 14.1. The number of nitrogens with zero attached hydrogens (tertiary/aromatic N) is 1. The number of nitro groups is 1. The Balaban J connectivity index is 2.05. The topological polar surface area (TPSA) is 95.0 Å². The van der Waals surface area contributed by atoms with Crippen LogP contribution < -0.4 is 9.47 Å². The lowest BCUT2D eigenvalue weighted by Crippen LogP contribution is -2.13. The van der Waals surface area contributed by atoms with E-state index < -0.39 is 10.8 Å².